The SMILES string of the molecule is CO[C@]12CC[C@@]3(C[C@H]1COCc1cc4ccccc4s1)[C@H]1Cc4ccc(O)c5c4[C@@]3(CCN1C)[C@H]2O5. The summed E-state index contributed by atoms with van der Waals surface area (Å²) < 4.78 is 21.2. The quantitative estimate of drug-likeness (QED) is 0.514. The number of hydrogen-bond donors (Lipinski definition) is 1. The lowest BCUT2D eigenvalue weighted by atomic mass is 9.35. The summed E-state index contributed by atoms with van der Waals surface area (Å²) >= 11 is 1.82. The lowest BCUT2D eigenvalue weighted by Crippen LogP contribution is -2.81. The molecule has 4 bridgehead atoms. The molecule has 0 amide bonds. The van der Waals surface area contributed by atoms with Gasteiger partial charge in [0, 0.05) is 45.0 Å². The van der Waals surface area contributed by atoms with Gasteiger partial charge in [0.1, 0.15) is 11.7 Å². The van der Waals surface area contributed by atoms with Gasteiger partial charge in [0.25, 0.3) is 0 Å². The highest BCUT2D eigenvalue weighted by molar-refractivity contribution is 7.19. The lowest BCUT2D eigenvalue weighted by molar-refractivity contribution is -0.282. The molecule has 3 aromatic rings. The summed E-state index contributed by atoms with van der Waals surface area (Å²) in [6.45, 7) is 2.37. The summed E-state index contributed by atoms with van der Waals surface area (Å²) in [5, 5.41) is 12.2. The normalized spacial score (nSPS) is 37.8. The van der Waals surface area contributed by atoms with E-state index in [-0.39, 0.29) is 28.6 Å². The van der Waals surface area contributed by atoms with Crippen molar-refractivity contribution in [3.05, 3.63) is 58.5 Å². The van der Waals surface area contributed by atoms with Crippen LogP contribution in [0.2, 0.25) is 0 Å². The van der Waals surface area contributed by atoms with Gasteiger partial charge in [-0.1, -0.05) is 24.3 Å². The van der Waals surface area contributed by atoms with Crippen molar-refractivity contribution in [1.82, 2.24) is 4.90 Å². The van der Waals surface area contributed by atoms with Gasteiger partial charge in [0.15, 0.2) is 11.5 Å². The maximum atomic E-state index is 10.9. The Hall–Kier alpha value is -2.12. The van der Waals surface area contributed by atoms with Gasteiger partial charge >= 0.3 is 0 Å². The Morgan fingerprint density at radius 2 is 2.06 bits per heavy atom. The number of hydrogen-bond acceptors (Lipinski definition) is 6. The second-order valence-corrected chi connectivity index (χ2v) is 13.0. The minimum Gasteiger partial charge on any atom is -0.504 e. The maximum absolute atomic E-state index is 10.9. The van der Waals surface area contributed by atoms with Crippen LogP contribution in [0.25, 0.3) is 10.1 Å². The predicted molar refractivity (Wildman–Crippen MR) is 140 cm³/mol. The van der Waals surface area contributed by atoms with E-state index in [4.69, 9.17) is 14.2 Å². The van der Waals surface area contributed by atoms with Gasteiger partial charge < -0.3 is 24.2 Å². The number of ether oxygens (including phenoxy) is 3. The summed E-state index contributed by atoms with van der Waals surface area (Å²) in [7, 11) is 4.18. The number of thiophene rings is 1. The Bertz CT molecular complexity index is 1350. The molecule has 2 aliphatic heterocycles. The largest absolute Gasteiger partial charge is 0.504 e. The zero-order chi connectivity index (χ0) is 24.3. The summed E-state index contributed by atoms with van der Waals surface area (Å²) in [5.41, 5.74) is 2.32. The highest BCUT2D eigenvalue weighted by Crippen LogP contribution is 2.76. The van der Waals surface area contributed by atoms with Crippen LogP contribution in [-0.4, -0.2) is 55.1 Å². The topological polar surface area (TPSA) is 51.2 Å². The van der Waals surface area contributed by atoms with E-state index >= 15 is 0 Å². The Balaban J connectivity index is 1.18. The van der Waals surface area contributed by atoms with Crippen molar-refractivity contribution in [1.29, 1.82) is 0 Å². The Morgan fingerprint density at radius 3 is 2.92 bits per heavy atom. The molecular formula is C30H33NO4S. The number of likely N-dealkylation sites (tertiary alicyclic amines) is 1. The van der Waals surface area contributed by atoms with E-state index in [1.165, 1.54) is 26.1 Å². The Labute approximate surface area is 216 Å². The van der Waals surface area contributed by atoms with E-state index in [1.807, 2.05) is 24.5 Å². The second-order valence-electron chi connectivity index (χ2n) is 11.8. The van der Waals surface area contributed by atoms with Gasteiger partial charge in [-0.15, -0.1) is 11.3 Å². The van der Waals surface area contributed by atoms with Gasteiger partial charge in [-0.2, -0.15) is 0 Å². The van der Waals surface area contributed by atoms with Crippen molar-refractivity contribution in [3.8, 4) is 11.5 Å². The molecule has 6 atom stereocenters. The lowest BCUT2D eigenvalue weighted by Gasteiger charge is -2.73. The van der Waals surface area contributed by atoms with Crippen molar-refractivity contribution in [2.45, 2.75) is 61.9 Å². The van der Waals surface area contributed by atoms with Crippen LogP contribution in [0.5, 0.6) is 11.5 Å². The molecular weight excluding hydrogens is 470 g/mol. The fourth-order valence-corrected chi connectivity index (χ4v) is 10.4. The van der Waals surface area contributed by atoms with Gasteiger partial charge in [0.2, 0.25) is 0 Å². The first-order valence-electron chi connectivity index (χ1n) is 13.3. The van der Waals surface area contributed by atoms with Crippen LogP contribution in [0, 0.1) is 11.3 Å². The van der Waals surface area contributed by atoms with E-state index in [0.717, 1.165) is 44.4 Å². The molecule has 5 nitrogen and oxygen atoms in total. The number of phenolic OH excluding ortho intramolecular Hbond substituents is 1. The number of aromatic hydroxyl groups is 1. The monoisotopic (exact) mass is 503 g/mol. The van der Waals surface area contributed by atoms with Crippen molar-refractivity contribution in [2.75, 3.05) is 27.3 Å². The van der Waals surface area contributed by atoms with Gasteiger partial charge in [-0.25, -0.2) is 0 Å². The average molecular weight is 504 g/mol. The standard InChI is InChI=1S/C30H33NO4S/c1-31-12-11-29-25-19-7-8-22(32)26(25)35-27(29)30(33-2)10-9-28(29,24(31)14-19)15-20(30)16-34-17-21-13-18-5-3-4-6-23(18)36-21/h3-8,13,20,24,27,32H,9-12,14-17H2,1-2H3/t20-,24+,27+,28+,29-,30+/m0/s1. The smallest absolute Gasteiger partial charge is 0.165 e. The van der Waals surface area contributed by atoms with Crippen molar-refractivity contribution < 1.29 is 19.3 Å². The maximum Gasteiger partial charge on any atom is 0.165 e. The molecule has 4 aliphatic carbocycles. The molecule has 0 radical (unpaired) electrons. The number of methoxy groups -OCH3 is 1. The average Bonchev–Trinajstić information content (AvgIpc) is 3.47. The summed E-state index contributed by atoms with van der Waals surface area (Å²) in [6.07, 6.45) is 5.25. The number of rotatable bonds is 5. The van der Waals surface area contributed by atoms with Crippen LogP contribution in [0.1, 0.15) is 41.7 Å². The molecule has 188 valence electrons. The molecule has 1 N–H and O–H groups in total. The number of phenols is 1. The second kappa shape index (κ2) is 7.25. The van der Waals surface area contributed by atoms with E-state index in [1.54, 1.807) is 0 Å². The number of fused-ring (bicyclic) bond motifs is 3. The Morgan fingerprint density at radius 1 is 1.17 bits per heavy atom. The highest BCUT2D eigenvalue weighted by Gasteiger charge is 2.80. The molecule has 9 rings (SSSR count). The van der Waals surface area contributed by atoms with Crippen molar-refractivity contribution in [3.63, 3.8) is 0 Å². The number of likely N-dealkylation sites (N-methyl/N-ethyl adjacent to an activating group) is 1. The number of piperidine rings is 1. The zero-order valence-electron chi connectivity index (χ0n) is 21.0. The summed E-state index contributed by atoms with van der Waals surface area (Å²) in [5.74, 6) is 1.28. The molecule has 1 saturated heterocycles. The molecule has 2 spiro atoms. The van der Waals surface area contributed by atoms with Crippen LogP contribution in [0.4, 0.5) is 0 Å². The van der Waals surface area contributed by atoms with E-state index in [9.17, 15) is 5.11 Å². The van der Waals surface area contributed by atoms with Gasteiger partial charge in [0.05, 0.1) is 13.2 Å². The Kier molecular flexibility index (Phi) is 4.42. The third-order valence-electron chi connectivity index (χ3n) is 10.8. The minimum absolute atomic E-state index is 0.0750. The van der Waals surface area contributed by atoms with Crippen LogP contribution < -0.4 is 4.74 Å². The summed E-state index contributed by atoms with van der Waals surface area (Å²) in [6, 6.07) is 15.3. The number of benzene rings is 2. The molecule has 0 unspecified atom stereocenters. The van der Waals surface area contributed by atoms with Gasteiger partial charge in [-0.05, 0) is 74.8 Å². The molecule has 6 heteroatoms. The summed E-state index contributed by atoms with van der Waals surface area (Å²) in [4.78, 5) is 3.88. The van der Waals surface area contributed by atoms with Crippen LogP contribution in [0.15, 0.2) is 42.5 Å². The molecule has 3 heterocycles. The van der Waals surface area contributed by atoms with E-state index < -0.39 is 5.60 Å². The molecule has 36 heavy (non-hydrogen) atoms. The van der Waals surface area contributed by atoms with Crippen LogP contribution in [-0.2, 0) is 27.9 Å². The molecule has 4 fully saturated rings. The number of nitrogens with zero attached hydrogens (tertiary/aromatic N) is 1. The molecule has 3 saturated carbocycles. The first-order valence-corrected chi connectivity index (χ1v) is 14.2. The van der Waals surface area contributed by atoms with Crippen LogP contribution in [0.3, 0.4) is 0 Å². The van der Waals surface area contributed by atoms with Crippen molar-refractivity contribution in [2.24, 2.45) is 11.3 Å². The highest BCUT2D eigenvalue weighted by atomic mass is 32.1. The molecule has 1 aromatic heterocycles. The molecule has 6 aliphatic rings. The first-order chi connectivity index (χ1) is 17.5. The predicted octanol–water partition coefficient (Wildman–Crippen LogP) is 5.27. The van der Waals surface area contributed by atoms with Crippen LogP contribution >= 0.6 is 11.3 Å². The fourth-order valence-electron chi connectivity index (χ4n) is 9.44. The minimum atomic E-state index is -0.400. The van der Waals surface area contributed by atoms with Crippen molar-refractivity contribution >= 4 is 21.4 Å². The zero-order valence-corrected chi connectivity index (χ0v) is 21.8. The van der Waals surface area contributed by atoms with E-state index in [0.29, 0.717) is 19.3 Å². The van der Waals surface area contributed by atoms with Gasteiger partial charge in [-0.3, -0.25) is 0 Å². The third-order valence-corrected chi connectivity index (χ3v) is 11.9. The van der Waals surface area contributed by atoms with E-state index in [2.05, 4.69) is 48.3 Å². The fraction of sp³-hybridized carbons (Fsp3) is 0.533. The first kappa shape index (κ1) is 21.9. The molecule has 2 aromatic carbocycles. The third kappa shape index (κ3) is 2.43.